The van der Waals surface area contributed by atoms with Gasteiger partial charge in [0.15, 0.2) is 0 Å². The molecule has 0 aliphatic rings. The van der Waals surface area contributed by atoms with Crippen molar-refractivity contribution in [3.8, 4) is 5.75 Å². The molecule has 6 heteroatoms. The molecular weight excluding hydrogens is 451 g/mol. The average molecular weight is 490 g/mol. The number of halogens is 3. The van der Waals surface area contributed by atoms with Crippen LogP contribution in [0, 0.1) is 0 Å². The van der Waals surface area contributed by atoms with E-state index in [2.05, 4.69) is 36.2 Å². The number of hydrogen-bond donors (Lipinski definition) is 1. The second-order valence-electron chi connectivity index (χ2n) is 7.60. The summed E-state index contributed by atoms with van der Waals surface area (Å²) in [5.74, 6) is 0.871. The van der Waals surface area contributed by atoms with E-state index in [0.717, 1.165) is 29.4 Å². The van der Waals surface area contributed by atoms with Gasteiger partial charge in [0.2, 0.25) is 0 Å². The Kier molecular flexibility index (Phi) is 18.0. The van der Waals surface area contributed by atoms with Gasteiger partial charge in [0, 0.05) is 17.1 Å². The first-order chi connectivity index (χ1) is 14.2. The molecule has 0 saturated heterocycles. The van der Waals surface area contributed by atoms with Crippen LogP contribution in [0.5, 0.6) is 5.75 Å². The fourth-order valence-corrected chi connectivity index (χ4v) is 3.43. The van der Waals surface area contributed by atoms with Gasteiger partial charge < -0.3 is 15.0 Å². The van der Waals surface area contributed by atoms with Gasteiger partial charge >= 0.3 is 0 Å². The first-order valence-corrected chi connectivity index (χ1v) is 11.5. The second kappa shape index (κ2) is 18.6. The molecule has 0 unspecified atom stereocenters. The molecule has 2 aromatic rings. The predicted octanol–water partition coefficient (Wildman–Crippen LogP) is 7.14. The highest BCUT2D eigenvalue weighted by Gasteiger charge is 2.04. The van der Waals surface area contributed by atoms with E-state index in [1.165, 1.54) is 57.3 Å². The zero-order chi connectivity index (χ0) is 20.7. The minimum absolute atomic E-state index is 0. The first kappa shape index (κ1) is 30.0. The van der Waals surface area contributed by atoms with Gasteiger partial charge in [-0.3, -0.25) is 0 Å². The van der Waals surface area contributed by atoms with Crippen molar-refractivity contribution in [2.45, 2.75) is 59.1 Å². The van der Waals surface area contributed by atoms with E-state index < -0.39 is 0 Å². The van der Waals surface area contributed by atoms with Crippen molar-refractivity contribution in [1.82, 2.24) is 10.2 Å². The molecule has 0 atom stereocenters. The molecule has 0 fully saturated rings. The summed E-state index contributed by atoms with van der Waals surface area (Å²) in [6.07, 6.45) is 6.37. The molecule has 2 rings (SSSR count). The van der Waals surface area contributed by atoms with Crippen LogP contribution in [0.3, 0.4) is 0 Å². The summed E-state index contributed by atoms with van der Waals surface area (Å²) in [6.45, 7) is 10.7. The van der Waals surface area contributed by atoms with E-state index in [1.54, 1.807) is 0 Å². The monoisotopic (exact) mass is 488 g/mol. The highest BCUT2D eigenvalue weighted by Crippen LogP contribution is 2.19. The van der Waals surface area contributed by atoms with Crippen molar-refractivity contribution < 1.29 is 4.74 Å². The van der Waals surface area contributed by atoms with Gasteiger partial charge in [-0.05, 0) is 69.2 Å². The Morgan fingerprint density at radius 1 is 0.839 bits per heavy atom. The highest BCUT2D eigenvalue weighted by atomic mass is 35.5. The van der Waals surface area contributed by atoms with Gasteiger partial charge in [-0.1, -0.05) is 68.6 Å². The Labute approximate surface area is 206 Å². The van der Waals surface area contributed by atoms with Crippen molar-refractivity contribution in [2.75, 3.05) is 26.2 Å². The first-order valence-electron chi connectivity index (χ1n) is 11.1. The second-order valence-corrected chi connectivity index (χ2v) is 8.01. The van der Waals surface area contributed by atoms with Crippen molar-refractivity contribution in [3.05, 3.63) is 64.7 Å². The summed E-state index contributed by atoms with van der Waals surface area (Å²) in [7, 11) is 0. The molecule has 0 saturated carbocycles. The van der Waals surface area contributed by atoms with Gasteiger partial charge in [-0.25, -0.2) is 0 Å². The van der Waals surface area contributed by atoms with E-state index in [4.69, 9.17) is 16.3 Å². The van der Waals surface area contributed by atoms with Gasteiger partial charge in [0.1, 0.15) is 12.4 Å². The summed E-state index contributed by atoms with van der Waals surface area (Å²) >= 11 is 6.18. The maximum Gasteiger partial charge on any atom is 0.119 e. The van der Waals surface area contributed by atoms with E-state index in [1.807, 2.05) is 36.4 Å². The summed E-state index contributed by atoms with van der Waals surface area (Å²) in [5, 5.41) is 4.32. The minimum atomic E-state index is 0. The Bertz CT molecular complexity index is 675. The van der Waals surface area contributed by atoms with Crippen LogP contribution in [-0.2, 0) is 13.2 Å². The van der Waals surface area contributed by atoms with Crippen LogP contribution in [0.15, 0.2) is 48.5 Å². The maximum atomic E-state index is 6.18. The van der Waals surface area contributed by atoms with E-state index >= 15 is 0 Å². The fourth-order valence-electron chi connectivity index (χ4n) is 3.24. The molecular formula is C25H39Cl3N2O. The van der Waals surface area contributed by atoms with Crippen LogP contribution < -0.4 is 10.1 Å². The van der Waals surface area contributed by atoms with E-state index in [-0.39, 0.29) is 24.8 Å². The molecule has 0 aliphatic heterocycles. The molecule has 0 heterocycles. The minimum Gasteiger partial charge on any atom is -0.489 e. The van der Waals surface area contributed by atoms with E-state index in [9.17, 15) is 0 Å². The number of nitrogens with zero attached hydrogens (tertiary/aromatic N) is 1. The SMILES string of the molecule is CCCCN(CCCC)CCCNCc1ccc(OCc2ccccc2Cl)cc1.Cl.Cl. The molecule has 0 bridgehead atoms. The highest BCUT2D eigenvalue weighted by molar-refractivity contribution is 6.31. The van der Waals surface area contributed by atoms with Crippen LogP contribution >= 0.6 is 36.4 Å². The largest absolute Gasteiger partial charge is 0.489 e. The van der Waals surface area contributed by atoms with E-state index in [0.29, 0.717) is 6.61 Å². The fraction of sp³-hybridized carbons (Fsp3) is 0.520. The Morgan fingerprint density at radius 2 is 1.45 bits per heavy atom. The third kappa shape index (κ3) is 12.6. The molecule has 0 aliphatic carbocycles. The summed E-state index contributed by atoms with van der Waals surface area (Å²) in [5.41, 5.74) is 2.29. The van der Waals surface area contributed by atoms with Crippen LogP contribution in [0.2, 0.25) is 5.02 Å². The number of rotatable bonds is 15. The maximum absolute atomic E-state index is 6.18. The Hall–Kier alpha value is -0.970. The molecule has 0 aromatic heterocycles. The number of benzene rings is 2. The Morgan fingerprint density at radius 3 is 2.06 bits per heavy atom. The molecule has 0 spiro atoms. The molecule has 176 valence electrons. The number of hydrogen-bond acceptors (Lipinski definition) is 3. The quantitative estimate of drug-likeness (QED) is 0.269. The zero-order valence-electron chi connectivity index (χ0n) is 18.9. The van der Waals surface area contributed by atoms with Gasteiger partial charge in [0.05, 0.1) is 0 Å². The lowest BCUT2D eigenvalue weighted by Crippen LogP contribution is -2.29. The van der Waals surface area contributed by atoms with Crippen LogP contribution in [0.4, 0.5) is 0 Å². The number of nitrogens with one attached hydrogen (secondary N) is 1. The molecule has 2 aromatic carbocycles. The van der Waals surface area contributed by atoms with Crippen molar-refractivity contribution in [1.29, 1.82) is 0 Å². The molecule has 0 amide bonds. The lowest BCUT2D eigenvalue weighted by molar-refractivity contribution is 0.261. The molecule has 0 radical (unpaired) electrons. The van der Waals surface area contributed by atoms with Gasteiger partial charge in [-0.2, -0.15) is 0 Å². The predicted molar refractivity (Wildman–Crippen MR) is 139 cm³/mol. The zero-order valence-corrected chi connectivity index (χ0v) is 21.3. The van der Waals surface area contributed by atoms with Crippen LogP contribution in [0.25, 0.3) is 0 Å². The van der Waals surface area contributed by atoms with Crippen molar-refractivity contribution in [3.63, 3.8) is 0 Å². The smallest absolute Gasteiger partial charge is 0.119 e. The third-order valence-electron chi connectivity index (χ3n) is 5.09. The van der Waals surface area contributed by atoms with Gasteiger partial charge in [-0.15, -0.1) is 24.8 Å². The van der Waals surface area contributed by atoms with Crippen LogP contribution in [-0.4, -0.2) is 31.1 Å². The Balaban J connectivity index is 0.00000450. The number of ether oxygens (including phenoxy) is 1. The normalized spacial score (nSPS) is 10.5. The van der Waals surface area contributed by atoms with Crippen LogP contribution in [0.1, 0.15) is 57.1 Å². The average Bonchev–Trinajstić information content (AvgIpc) is 2.75. The van der Waals surface area contributed by atoms with Crippen molar-refractivity contribution >= 4 is 36.4 Å². The standard InChI is InChI=1S/C25H37ClN2O.2ClH/c1-3-5-17-28(18-6-4-2)19-9-16-27-20-22-12-14-24(15-13-22)29-21-23-10-7-8-11-25(23)26;;/h7-8,10-15,27H,3-6,9,16-21H2,1-2H3;2*1H. The third-order valence-corrected chi connectivity index (χ3v) is 5.46. The summed E-state index contributed by atoms with van der Waals surface area (Å²) in [6, 6.07) is 16.1. The molecule has 3 nitrogen and oxygen atoms in total. The lowest BCUT2D eigenvalue weighted by atomic mass is 10.2. The van der Waals surface area contributed by atoms with Gasteiger partial charge in [0.25, 0.3) is 0 Å². The molecule has 31 heavy (non-hydrogen) atoms. The van der Waals surface area contributed by atoms with Crippen molar-refractivity contribution in [2.24, 2.45) is 0 Å². The topological polar surface area (TPSA) is 24.5 Å². The summed E-state index contributed by atoms with van der Waals surface area (Å²) in [4.78, 5) is 2.62. The number of unbranched alkanes of at least 4 members (excludes halogenated alkanes) is 2. The molecule has 1 N–H and O–H groups in total. The lowest BCUT2D eigenvalue weighted by Gasteiger charge is -2.22. The summed E-state index contributed by atoms with van der Waals surface area (Å²) < 4.78 is 5.85.